The first kappa shape index (κ1) is 12.6. The summed E-state index contributed by atoms with van der Waals surface area (Å²) in [5.74, 6) is 0.603. The van der Waals surface area contributed by atoms with Crippen molar-refractivity contribution in [3.05, 3.63) is 71.2 Å². The Balaban J connectivity index is 1.73. The number of fused-ring (bicyclic) bond motifs is 1. The van der Waals surface area contributed by atoms with Crippen LogP contribution in [0.25, 0.3) is 11.0 Å². The van der Waals surface area contributed by atoms with Crippen LogP contribution in [0, 0.1) is 5.82 Å². The fraction of sp³-hybridized carbons (Fsp3) is 0.222. The molecule has 0 amide bonds. The molecule has 0 radical (unpaired) electrons. The minimum absolute atomic E-state index is 0.199. The lowest BCUT2D eigenvalue weighted by Gasteiger charge is -2.09. The van der Waals surface area contributed by atoms with Gasteiger partial charge in [0.25, 0.3) is 0 Å². The normalized spacial score (nSPS) is 16.3. The van der Waals surface area contributed by atoms with E-state index in [4.69, 9.17) is 4.42 Å². The Morgan fingerprint density at radius 3 is 2.67 bits per heavy atom. The highest BCUT2D eigenvalue weighted by Gasteiger charge is 2.25. The van der Waals surface area contributed by atoms with Gasteiger partial charge in [-0.2, -0.15) is 0 Å². The summed E-state index contributed by atoms with van der Waals surface area (Å²) < 4.78 is 19.2. The van der Waals surface area contributed by atoms with Crippen molar-refractivity contribution in [3.63, 3.8) is 0 Å². The van der Waals surface area contributed by atoms with E-state index < -0.39 is 11.9 Å². The third kappa shape index (κ3) is 2.24. The molecule has 0 aliphatic heterocycles. The van der Waals surface area contributed by atoms with Gasteiger partial charge in [0.15, 0.2) is 11.4 Å². The Morgan fingerprint density at radius 1 is 1.10 bits per heavy atom. The Labute approximate surface area is 121 Å². The molecule has 106 valence electrons. The minimum Gasteiger partial charge on any atom is -0.455 e. The number of halogens is 1. The summed E-state index contributed by atoms with van der Waals surface area (Å²) in [6.45, 7) is 0. The van der Waals surface area contributed by atoms with Gasteiger partial charge in [-0.1, -0.05) is 36.4 Å². The van der Waals surface area contributed by atoms with Gasteiger partial charge < -0.3 is 9.52 Å². The maximum Gasteiger partial charge on any atom is 0.170 e. The van der Waals surface area contributed by atoms with E-state index in [1.54, 1.807) is 18.2 Å². The summed E-state index contributed by atoms with van der Waals surface area (Å²) in [5, 5.41) is 11.2. The zero-order valence-electron chi connectivity index (χ0n) is 11.4. The van der Waals surface area contributed by atoms with Gasteiger partial charge in [-0.25, -0.2) is 4.39 Å². The Bertz CT molecular complexity index is 802. The van der Waals surface area contributed by atoms with Gasteiger partial charge in [0.05, 0.1) is 0 Å². The van der Waals surface area contributed by atoms with Gasteiger partial charge in [0.2, 0.25) is 0 Å². The van der Waals surface area contributed by atoms with Crippen molar-refractivity contribution in [2.75, 3.05) is 0 Å². The highest BCUT2D eigenvalue weighted by atomic mass is 19.1. The first-order chi connectivity index (χ1) is 10.2. The summed E-state index contributed by atoms with van der Waals surface area (Å²) in [6.07, 6.45) is 1.57. The first-order valence-electron chi connectivity index (χ1n) is 7.18. The number of hydrogen-bond acceptors (Lipinski definition) is 2. The highest BCUT2D eigenvalue weighted by Crippen LogP contribution is 2.41. The smallest absolute Gasteiger partial charge is 0.170 e. The maximum atomic E-state index is 13.7. The predicted octanol–water partition coefficient (Wildman–Crippen LogP) is 4.53. The van der Waals surface area contributed by atoms with Crippen LogP contribution in [0.15, 0.2) is 52.9 Å². The summed E-state index contributed by atoms with van der Waals surface area (Å²) in [4.78, 5) is 0. The molecule has 4 rings (SSSR count). The van der Waals surface area contributed by atoms with Crippen molar-refractivity contribution in [1.29, 1.82) is 0 Å². The molecule has 0 bridgehead atoms. The molecule has 2 aromatic carbocycles. The van der Waals surface area contributed by atoms with Crippen molar-refractivity contribution in [2.24, 2.45) is 0 Å². The second-order valence-corrected chi connectivity index (χ2v) is 5.65. The van der Waals surface area contributed by atoms with Gasteiger partial charge in [0.1, 0.15) is 11.9 Å². The molecule has 2 nitrogen and oxygen atoms in total. The van der Waals surface area contributed by atoms with Crippen LogP contribution in [0.1, 0.15) is 41.8 Å². The fourth-order valence-electron chi connectivity index (χ4n) is 2.75. The number of aliphatic hydroxyl groups is 1. The molecule has 1 fully saturated rings. The molecule has 1 atom stereocenters. The Morgan fingerprint density at radius 2 is 1.90 bits per heavy atom. The standard InChI is InChI=1S/C18H15FO2/c19-15-6-2-5-14-10-16(21-18(14)15)17(20)13-4-1-3-12(9-13)11-7-8-11/h1-6,9-11,17,20H,7-8H2. The molecule has 0 saturated heterocycles. The second kappa shape index (κ2) is 4.71. The van der Waals surface area contributed by atoms with Crippen LogP contribution >= 0.6 is 0 Å². The van der Waals surface area contributed by atoms with Crippen LogP contribution < -0.4 is 0 Å². The van der Waals surface area contributed by atoms with E-state index in [0.717, 1.165) is 5.56 Å². The SMILES string of the molecule is OC(c1cccc(C2CC2)c1)c1cc2cccc(F)c2o1. The first-order valence-corrected chi connectivity index (χ1v) is 7.18. The Hall–Kier alpha value is -2.13. The van der Waals surface area contributed by atoms with Gasteiger partial charge in [-0.15, -0.1) is 0 Å². The molecule has 1 aromatic heterocycles. The van der Waals surface area contributed by atoms with E-state index in [0.29, 0.717) is 17.1 Å². The third-order valence-corrected chi connectivity index (χ3v) is 4.06. The van der Waals surface area contributed by atoms with Crippen molar-refractivity contribution in [2.45, 2.75) is 24.9 Å². The Kier molecular flexibility index (Phi) is 2.82. The van der Waals surface area contributed by atoms with E-state index in [9.17, 15) is 9.50 Å². The molecule has 1 heterocycles. The average Bonchev–Trinajstić information content (AvgIpc) is 3.26. The molecule has 0 spiro atoms. The lowest BCUT2D eigenvalue weighted by molar-refractivity contribution is 0.192. The van der Waals surface area contributed by atoms with Crippen molar-refractivity contribution in [3.8, 4) is 0 Å². The third-order valence-electron chi connectivity index (χ3n) is 4.06. The molecule has 1 N–H and O–H groups in total. The second-order valence-electron chi connectivity index (χ2n) is 5.65. The molecule has 1 unspecified atom stereocenters. The summed E-state index contributed by atoms with van der Waals surface area (Å²) >= 11 is 0. The molecule has 1 saturated carbocycles. The molecule has 3 heteroatoms. The number of para-hydroxylation sites is 1. The van der Waals surface area contributed by atoms with E-state index in [2.05, 4.69) is 6.07 Å². The van der Waals surface area contributed by atoms with E-state index >= 15 is 0 Å². The molecular formula is C18H15FO2. The zero-order chi connectivity index (χ0) is 14.4. The topological polar surface area (TPSA) is 33.4 Å². The van der Waals surface area contributed by atoms with Gasteiger partial charge in [-0.05, 0) is 42.0 Å². The van der Waals surface area contributed by atoms with E-state index in [1.807, 2.05) is 18.2 Å². The van der Waals surface area contributed by atoms with E-state index in [1.165, 1.54) is 24.5 Å². The number of furan rings is 1. The molecule has 21 heavy (non-hydrogen) atoms. The van der Waals surface area contributed by atoms with Crippen LogP contribution in [0.4, 0.5) is 4.39 Å². The zero-order valence-corrected chi connectivity index (χ0v) is 11.4. The number of hydrogen-bond donors (Lipinski definition) is 1. The number of benzene rings is 2. The minimum atomic E-state index is -0.865. The summed E-state index contributed by atoms with van der Waals surface area (Å²) in [6, 6.07) is 14.4. The van der Waals surface area contributed by atoms with Gasteiger partial charge >= 0.3 is 0 Å². The molecular weight excluding hydrogens is 267 g/mol. The molecule has 1 aliphatic rings. The number of aliphatic hydroxyl groups excluding tert-OH is 1. The summed E-state index contributed by atoms with van der Waals surface area (Å²) in [7, 11) is 0. The average molecular weight is 282 g/mol. The largest absolute Gasteiger partial charge is 0.455 e. The van der Waals surface area contributed by atoms with Crippen molar-refractivity contribution < 1.29 is 13.9 Å². The fourth-order valence-corrected chi connectivity index (χ4v) is 2.75. The summed E-state index contributed by atoms with van der Waals surface area (Å²) in [5.41, 5.74) is 2.25. The molecule has 1 aliphatic carbocycles. The van der Waals surface area contributed by atoms with Crippen molar-refractivity contribution in [1.82, 2.24) is 0 Å². The van der Waals surface area contributed by atoms with Gasteiger partial charge in [-0.3, -0.25) is 0 Å². The number of rotatable bonds is 3. The lowest BCUT2D eigenvalue weighted by atomic mass is 10.0. The van der Waals surface area contributed by atoms with E-state index in [-0.39, 0.29) is 5.58 Å². The molecule has 3 aromatic rings. The maximum absolute atomic E-state index is 13.7. The van der Waals surface area contributed by atoms with Crippen LogP contribution in [0.2, 0.25) is 0 Å². The lowest BCUT2D eigenvalue weighted by Crippen LogP contribution is -1.98. The monoisotopic (exact) mass is 282 g/mol. The van der Waals surface area contributed by atoms with Gasteiger partial charge in [0, 0.05) is 5.39 Å². The predicted molar refractivity (Wildman–Crippen MR) is 78.7 cm³/mol. The van der Waals surface area contributed by atoms with Crippen LogP contribution in [-0.4, -0.2) is 5.11 Å². The van der Waals surface area contributed by atoms with Crippen molar-refractivity contribution >= 4 is 11.0 Å². The van der Waals surface area contributed by atoms with Crippen LogP contribution in [0.5, 0.6) is 0 Å². The quantitative estimate of drug-likeness (QED) is 0.765. The van der Waals surface area contributed by atoms with Crippen LogP contribution in [0.3, 0.4) is 0 Å². The van der Waals surface area contributed by atoms with Crippen LogP contribution in [-0.2, 0) is 0 Å². The highest BCUT2D eigenvalue weighted by molar-refractivity contribution is 5.78.